The SMILES string of the molecule is COc1ccc(OC)c(-c2cc(C(=O)NCCn3cnc(C)c(C)c3=O)n(C)n2)c1. The Bertz CT molecular complexity index is 1130. The molecule has 1 aromatic carbocycles. The number of benzene rings is 1. The van der Waals surface area contributed by atoms with Crippen LogP contribution in [-0.2, 0) is 13.6 Å². The van der Waals surface area contributed by atoms with Crippen molar-refractivity contribution in [3.63, 3.8) is 0 Å². The molecule has 30 heavy (non-hydrogen) atoms. The summed E-state index contributed by atoms with van der Waals surface area (Å²) in [5, 5.41) is 7.27. The second-order valence-electron chi connectivity index (χ2n) is 6.81. The van der Waals surface area contributed by atoms with Crippen LogP contribution in [0.3, 0.4) is 0 Å². The van der Waals surface area contributed by atoms with Crippen molar-refractivity contribution in [1.29, 1.82) is 0 Å². The Morgan fingerprint density at radius 2 is 1.93 bits per heavy atom. The number of amides is 1. The third-order valence-corrected chi connectivity index (χ3v) is 4.95. The minimum absolute atomic E-state index is 0.107. The topological polar surface area (TPSA) is 100 Å². The van der Waals surface area contributed by atoms with Crippen molar-refractivity contribution < 1.29 is 14.3 Å². The van der Waals surface area contributed by atoms with Gasteiger partial charge >= 0.3 is 0 Å². The zero-order valence-corrected chi connectivity index (χ0v) is 17.7. The van der Waals surface area contributed by atoms with Gasteiger partial charge in [-0.1, -0.05) is 0 Å². The van der Waals surface area contributed by atoms with E-state index >= 15 is 0 Å². The van der Waals surface area contributed by atoms with Crippen LogP contribution in [0.1, 0.15) is 21.7 Å². The molecule has 9 heteroatoms. The van der Waals surface area contributed by atoms with Gasteiger partial charge in [0.05, 0.1) is 26.2 Å². The number of ether oxygens (including phenoxy) is 2. The Labute approximate surface area is 174 Å². The lowest BCUT2D eigenvalue weighted by Crippen LogP contribution is -2.32. The predicted octanol–water partition coefficient (Wildman–Crippen LogP) is 1.71. The number of aryl methyl sites for hydroxylation is 2. The van der Waals surface area contributed by atoms with Gasteiger partial charge < -0.3 is 14.8 Å². The summed E-state index contributed by atoms with van der Waals surface area (Å²) in [5.41, 5.74) is 2.90. The molecule has 2 aromatic heterocycles. The van der Waals surface area contributed by atoms with E-state index in [1.165, 1.54) is 15.6 Å². The molecule has 0 spiro atoms. The normalized spacial score (nSPS) is 10.7. The molecule has 0 aliphatic heterocycles. The van der Waals surface area contributed by atoms with Crippen molar-refractivity contribution in [1.82, 2.24) is 24.6 Å². The van der Waals surface area contributed by atoms with Gasteiger partial charge in [0.1, 0.15) is 17.2 Å². The van der Waals surface area contributed by atoms with Crippen LogP contribution in [-0.4, -0.2) is 46.0 Å². The summed E-state index contributed by atoms with van der Waals surface area (Å²) in [4.78, 5) is 29.1. The van der Waals surface area contributed by atoms with Crippen molar-refractivity contribution in [2.45, 2.75) is 20.4 Å². The van der Waals surface area contributed by atoms with Crippen LogP contribution >= 0.6 is 0 Å². The van der Waals surface area contributed by atoms with Gasteiger partial charge in [-0.2, -0.15) is 5.10 Å². The minimum Gasteiger partial charge on any atom is -0.497 e. The first-order valence-corrected chi connectivity index (χ1v) is 9.43. The maximum atomic E-state index is 12.7. The van der Waals surface area contributed by atoms with E-state index in [1.54, 1.807) is 53.3 Å². The van der Waals surface area contributed by atoms with Crippen molar-refractivity contribution in [3.8, 4) is 22.8 Å². The molecule has 3 rings (SSSR count). The number of nitrogens with one attached hydrogen (secondary N) is 1. The Hall–Kier alpha value is -3.62. The fourth-order valence-electron chi connectivity index (χ4n) is 3.04. The molecule has 0 saturated heterocycles. The van der Waals surface area contributed by atoms with Crippen LogP contribution < -0.4 is 20.3 Å². The molecule has 2 heterocycles. The second kappa shape index (κ2) is 8.81. The highest BCUT2D eigenvalue weighted by molar-refractivity contribution is 5.93. The zero-order chi connectivity index (χ0) is 21.8. The largest absolute Gasteiger partial charge is 0.497 e. The van der Waals surface area contributed by atoms with Crippen molar-refractivity contribution in [3.05, 3.63) is 57.9 Å². The van der Waals surface area contributed by atoms with E-state index in [0.717, 1.165) is 5.56 Å². The molecule has 1 amide bonds. The molecule has 0 unspecified atom stereocenters. The third-order valence-electron chi connectivity index (χ3n) is 4.95. The number of carbonyl (C=O) groups excluding carboxylic acids is 1. The first kappa shape index (κ1) is 21.1. The van der Waals surface area contributed by atoms with E-state index in [1.807, 2.05) is 6.07 Å². The van der Waals surface area contributed by atoms with Crippen LogP contribution in [0, 0.1) is 13.8 Å². The minimum atomic E-state index is -0.289. The van der Waals surface area contributed by atoms with Gasteiger partial charge in [-0.05, 0) is 38.1 Å². The predicted molar refractivity (Wildman–Crippen MR) is 112 cm³/mol. The molecule has 3 aromatic rings. The van der Waals surface area contributed by atoms with Crippen LogP contribution in [0.5, 0.6) is 11.5 Å². The number of nitrogens with zero attached hydrogens (tertiary/aromatic N) is 4. The number of rotatable bonds is 7. The summed E-state index contributed by atoms with van der Waals surface area (Å²) < 4.78 is 13.7. The van der Waals surface area contributed by atoms with Gasteiger partial charge in [-0.25, -0.2) is 4.98 Å². The first-order valence-electron chi connectivity index (χ1n) is 9.43. The molecule has 0 aliphatic rings. The highest BCUT2D eigenvalue weighted by Gasteiger charge is 2.17. The second-order valence-corrected chi connectivity index (χ2v) is 6.81. The molecule has 0 radical (unpaired) electrons. The van der Waals surface area contributed by atoms with E-state index in [9.17, 15) is 9.59 Å². The summed E-state index contributed by atoms with van der Waals surface area (Å²) in [6.45, 7) is 4.14. The fraction of sp³-hybridized carbons (Fsp3) is 0.333. The number of hydrogen-bond acceptors (Lipinski definition) is 6. The summed E-state index contributed by atoms with van der Waals surface area (Å²) in [6, 6.07) is 7.08. The molecule has 0 aliphatic carbocycles. The van der Waals surface area contributed by atoms with Gasteiger partial charge in [0.25, 0.3) is 11.5 Å². The number of carbonyl (C=O) groups is 1. The van der Waals surface area contributed by atoms with Crippen molar-refractivity contribution >= 4 is 5.91 Å². The number of aromatic nitrogens is 4. The molecular formula is C21H25N5O4. The lowest BCUT2D eigenvalue weighted by Gasteiger charge is -2.09. The van der Waals surface area contributed by atoms with Crippen LogP contribution in [0.15, 0.2) is 35.4 Å². The van der Waals surface area contributed by atoms with E-state index < -0.39 is 0 Å². The van der Waals surface area contributed by atoms with Crippen LogP contribution in [0.25, 0.3) is 11.3 Å². The molecule has 9 nitrogen and oxygen atoms in total. The summed E-state index contributed by atoms with van der Waals surface area (Å²) in [7, 11) is 4.85. The highest BCUT2D eigenvalue weighted by Crippen LogP contribution is 2.32. The lowest BCUT2D eigenvalue weighted by atomic mass is 10.1. The molecule has 0 saturated carbocycles. The number of hydrogen-bond donors (Lipinski definition) is 1. The van der Waals surface area contributed by atoms with E-state index in [0.29, 0.717) is 40.7 Å². The van der Waals surface area contributed by atoms with Gasteiger partial charge in [0.2, 0.25) is 0 Å². The summed E-state index contributed by atoms with van der Waals surface area (Å²) in [6.07, 6.45) is 1.49. The molecule has 0 atom stereocenters. The molecule has 0 fully saturated rings. The third kappa shape index (κ3) is 4.19. The Morgan fingerprint density at radius 3 is 2.63 bits per heavy atom. The summed E-state index contributed by atoms with van der Waals surface area (Å²) in [5.74, 6) is 1.00. The van der Waals surface area contributed by atoms with Crippen molar-refractivity contribution in [2.24, 2.45) is 7.05 Å². The van der Waals surface area contributed by atoms with Crippen LogP contribution in [0.4, 0.5) is 0 Å². The Balaban J connectivity index is 1.75. The van der Waals surface area contributed by atoms with E-state index in [-0.39, 0.29) is 18.0 Å². The number of methoxy groups -OCH3 is 2. The molecule has 158 valence electrons. The van der Waals surface area contributed by atoms with E-state index in [4.69, 9.17) is 9.47 Å². The van der Waals surface area contributed by atoms with Gasteiger partial charge in [-0.3, -0.25) is 18.8 Å². The average Bonchev–Trinajstić information content (AvgIpc) is 3.14. The lowest BCUT2D eigenvalue weighted by molar-refractivity contribution is 0.0942. The summed E-state index contributed by atoms with van der Waals surface area (Å²) >= 11 is 0. The monoisotopic (exact) mass is 411 g/mol. The van der Waals surface area contributed by atoms with Crippen LogP contribution in [0.2, 0.25) is 0 Å². The first-order chi connectivity index (χ1) is 14.3. The maximum Gasteiger partial charge on any atom is 0.269 e. The smallest absolute Gasteiger partial charge is 0.269 e. The Morgan fingerprint density at radius 1 is 1.17 bits per heavy atom. The zero-order valence-electron chi connectivity index (χ0n) is 17.7. The van der Waals surface area contributed by atoms with Gasteiger partial charge in [-0.15, -0.1) is 0 Å². The maximum absolute atomic E-state index is 12.7. The highest BCUT2D eigenvalue weighted by atomic mass is 16.5. The molecule has 0 bridgehead atoms. The average molecular weight is 411 g/mol. The standard InChI is InChI=1S/C21H25N5O4/c1-13-14(2)23-12-26(21(13)28)9-8-22-20(27)18-11-17(24-25(18)3)16-10-15(29-4)6-7-19(16)30-5/h6-7,10-12H,8-9H2,1-5H3,(H,22,27). The van der Waals surface area contributed by atoms with Gasteiger partial charge in [0, 0.05) is 37.0 Å². The van der Waals surface area contributed by atoms with Crippen molar-refractivity contribution in [2.75, 3.05) is 20.8 Å². The molecular weight excluding hydrogens is 386 g/mol. The molecule has 1 N–H and O–H groups in total. The quantitative estimate of drug-likeness (QED) is 0.635. The Kier molecular flexibility index (Phi) is 6.20. The fourth-order valence-corrected chi connectivity index (χ4v) is 3.04. The van der Waals surface area contributed by atoms with Gasteiger partial charge in [0.15, 0.2) is 0 Å². The van der Waals surface area contributed by atoms with E-state index in [2.05, 4.69) is 15.4 Å².